The van der Waals surface area contributed by atoms with E-state index in [9.17, 15) is 4.79 Å². The number of amides is 1. The molecule has 0 bridgehead atoms. The second-order valence-corrected chi connectivity index (χ2v) is 4.02. The highest BCUT2D eigenvalue weighted by Crippen LogP contribution is 2.32. The minimum Gasteiger partial charge on any atom is -0.372 e. The molecule has 0 radical (unpaired) electrons. The summed E-state index contributed by atoms with van der Waals surface area (Å²) in [6.07, 6.45) is 0.804. The number of hydrogen-bond acceptors (Lipinski definition) is 2. The Labute approximate surface area is 89.9 Å². The van der Waals surface area contributed by atoms with Crippen molar-refractivity contribution < 1.29 is 4.79 Å². The van der Waals surface area contributed by atoms with E-state index in [2.05, 4.69) is 16.7 Å². The first-order valence-corrected chi connectivity index (χ1v) is 5.31. The molecule has 3 nitrogen and oxygen atoms in total. The number of fused-ring (bicyclic) bond motifs is 1. The number of nitrogens with one attached hydrogen (secondary N) is 2. The van der Waals surface area contributed by atoms with Crippen LogP contribution in [-0.4, -0.2) is 11.9 Å². The van der Waals surface area contributed by atoms with Crippen molar-refractivity contribution in [2.45, 2.75) is 33.2 Å². The average Bonchev–Trinajstić information content (AvgIpc) is 2.24. The SMILES string of the molecule is CCC1Nc2ccc(C)c(C)c2NC1=O. The van der Waals surface area contributed by atoms with Gasteiger partial charge in [0.25, 0.3) is 0 Å². The highest BCUT2D eigenvalue weighted by molar-refractivity contribution is 6.03. The van der Waals surface area contributed by atoms with Gasteiger partial charge in [0.2, 0.25) is 5.91 Å². The highest BCUT2D eigenvalue weighted by atomic mass is 16.2. The van der Waals surface area contributed by atoms with E-state index >= 15 is 0 Å². The molecule has 2 N–H and O–H groups in total. The van der Waals surface area contributed by atoms with Gasteiger partial charge >= 0.3 is 0 Å². The largest absolute Gasteiger partial charge is 0.372 e. The van der Waals surface area contributed by atoms with Gasteiger partial charge in [0.05, 0.1) is 11.4 Å². The van der Waals surface area contributed by atoms with Crippen LogP contribution in [0.4, 0.5) is 11.4 Å². The van der Waals surface area contributed by atoms with Crippen LogP contribution < -0.4 is 10.6 Å². The molecule has 1 aromatic carbocycles. The fraction of sp³-hybridized carbons (Fsp3) is 0.417. The van der Waals surface area contributed by atoms with Crippen LogP contribution in [0.5, 0.6) is 0 Å². The number of hydrogen-bond donors (Lipinski definition) is 2. The Kier molecular flexibility index (Phi) is 2.39. The van der Waals surface area contributed by atoms with Crippen LogP contribution in [-0.2, 0) is 4.79 Å². The Bertz CT molecular complexity index is 412. The smallest absolute Gasteiger partial charge is 0.246 e. The second kappa shape index (κ2) is 3.57. The van der Waals surface area contributed by atoms with Gasteiger partial charge in [0.15, 0.2) is 0 Å². The van der Waals surface area contributed by atoms with E-state index in [-0.39, 0.29) is 11.9 Å². The van der Waals surface area contributed by atoms with Crippen LogP contribution in [0.15, 0.2) is 12.1 Å². The molecule has 15 heavy (non-hydrogen) atoms. The molecule has 1 aliphatic rings. The van der Waals surface area contributed by atoms with Crippen molar-refractivity contribution in [1.29, 1.82) is 0 Å². The predicted octanol–water partition coefficient (Wildman–Crippen LogP) is 2.45. The molecule has 1 unspecified atom stereocenters. The average molecular weight is 204 g/mol. The molecule has 1 atom stereocenters. The van der Waals surface area contributed by atoms with Gasteiger partial charge in [-0.3, -0.25) is 4.79 Å². The minimum atomic E-state index is -0.0976. The zero-order valence-corrected chi connectivity index (χ0v) is 9.35. The molecule has 0 aromatic heterocycles. The monoisotopic (exact) mass is 204 g/mol. The number of benzene rings is 1. The van der Waals surface area contributed by atoms with Crippen molar-refractivity contribution in [3.8, 4) is 0 Å². The Morgan fingerprint density at radius 2 is 2.07 bits per heavy atom. The molecule has 3 heteroatoms. The Balaban J connectivity index is 2.45. The molecule has 0 spiro atoms. The summed E-state index contributed by atoms with van der Waals surface area (Å²) in [7, 11) is 0. The first-order valence-electron chi connectivity index (χ1n) is 5.31. The van der Waals surface area contributed by atoms with Gasteiger partial charge in [-0.15, -0.1) is 0 Å². The molecule has 1 heterocycles. The topological polar surface area (TPSA) is 41.1 Å². The predicted molar refractivity (Wildman–Crippen MR) is 62.2 cm³/mol. The molecule has 0 aliphatic carbocycles. The third kappa shape index (κ3) is 1.58. The van der Waals surface area contributed by atoms with Crippen LogP contribution in [0, 0.1) is 13.8 Å². The van der Waals surface area contributed by atoms with E-state index in [0.29, 0.717) is 0 Å². The quantitative estimate of drug-likeness (QED) is 0.737. The molecule has 1 amide bonds. The van der Waals surface area contributed by atoms with Crippen LogP contribution >= 0.6 is 0 Å². The summed E-state index contributed by atoms with van der Waals surface area (Å²) in [5.41, 5.74) is 4.31. The van der Waals surface area contributed by atoms with Gasteiger partial charge < -0.3 is 10.6 Å². The lowest BCUT2D eigenvalue weighted by Crippen LogP contribution is -2.38. The normalized spacial score (nSPS) is 19.1. The van der Waals surface area contributed by atoms with E-state index in [0.717, 1.165) is 23.4 Å². The zero-order chi connectivity index (χ0) is 11.0. The summed E-state index contributed by atoms with van der Waals surface area (Å²) < 4.78 is 0. The molecule has 2 rings (SSSR count). The van der Waals surface area contributed by atoms with Crippen molar-refractivity contribution >= 4 is 17.3 Å². The van der Waals surface area contributed by atoms with E-state index in [1.165, 1.54) is 5.56 Å². The fourth-order valence-corrected chi connectivity index (χ4v) is 1.85. The Morgan fingerprint density at radius 3 is 2.73 bits per heavy atom. The van der Waals surface area contributed by atoms with Crippen molar-refractivity contribution in [2.24, 2.45) is 0 Å². The highest BCUT2D eigenvalue weighted by Gasteiger charge is 2.24. The maximum atomic E-state index is 11.7. The van der Waals surface area contributed by atoms with Gasteiger partial charge in [0.1, 0.15) is 6.04 Å². The van der Waals surface area contributed by atoms with E-state index in [4.69, 9.17) is 0 Å². The van der Waals surface area contributed by atoms with Gasteiger partial charge in [-0.25, -0.2) is 0 Å². The Hall–Kier alpha value is -1.51. The van der Waals surface area contributed by atoms with E-state index in [1.807, 2.05) is 26.8 Å². The molecule has 1 aliphatic heterocycles. The summed E-state index contributed by atoms with van der Waals surface area (Å²) in [6, 6.07) is 4.00. The third-order valence-corrected chi connectivity index (χ3v) is 3.04. The van der Waals surface area contributed by atoms with Gasteiger partial charge in [-0.05, 0) is 37.5 Å². The maximum absolute atomic E-state index is 11.7. The van der Waals surface area contributed by atoms with Crippen molar-refractivity contribution in [2.75, 3.05) is 10.6 Å². The minimum absolute atomic E-state index is 0.0682. The lowest BCUT2D eigenvalue weighted by Gasteiger charge is -2.27. The molecule has 0 saturated heterocycles. The maximum Gasteiger partial charge on any atom is 0.246 e. The summed E-state index contributed by atoms with van der Waals surface area (Å²) >= 11 is 0. The molecule has 0 saturated carbocycles. The lowest BCUT2D eigenvalue weighted by molar-refractivity contribution is -0.117. The summed E-state index contributed by atoms with van der Waals surface area (Å²) in [6.45, 7) is 6.08. The van der Waals surface area contributed by atoms with E-state index < -0.39 is 0 Å². The van der Waals surface area contributed by atoms with Gasteiger partial charge in [0, 0.05) is 0 Å². The summed E-state index contributed by atoms with van der Waals surface area (Å²) in [5.74, 6) is 0.0682. The van der Waals surface area contributed by atoms with Crippen LogP contribution in [0.1, 0.15) is 24.5 Å². The molecular formula is C12H16N2O. The molecule has 0 fully saturated rings. The number of carbonyl (C=O) groups is 1. The number of aryl methyl sites for hydroxylation is 1. The lowest BCUT2D eigenvalue weighted by atomic mass is 10.0. The first kappa shape index (κ1) is 10.0. The van der Waals surface area contributed by atoms with Crippen LogP contribution in [0.25, 0.3) is 0 Å². The molecule has 80 valence electrons. The number of rotatable bonds is 1. The molecular weight excluding hydrogens is 188 g/mol. The van der Waals surface area contributed by atoms with Crippen molar-refractivity contribution in [1.82, 2.24) is 0 Å². The van der Waals surface area contributed by atoms with Crippen molar-refractivity contribution in [3.05, 3.63) is 23.3 Å². The van der Waals surface area contributed by atoms with Gasteiger partial charge in [-0.1, -0.05) is 13.0 Å². The first-order chi connectivity index (χ1) is 7.13. The Morgan fingerprint density at radius 1 is 1.33 bits per heavy atom. The van der Waals surface area contributed by atoms with Crippen molar-refractivity contribution in [3.63, 3.8) is 0 Å². The zero-order valence-electron chi connectivity index (χ0n) is 9.35. The summed E-state index contributed by atoms with van der Waals surface area (Å²) in [4.78, 5) is 11.7. The third-order valence-electron chi connectivity index (χ3n) is 3.04. The molecule has 1 aromatic rings. The summed E-state index contributed by atoms with van der Waals surface area (Å²) in [5, 5.41) is 6.22. The number of carbonyl (C=O) groups excluding carboxylic acids is 1. The van der Waals surface area contributed by atoms with Crippen LogP contribution in [0.3, 0.4) is 0 Å². The second-order valence-electron chi connectivity index (χ2n) is 4.02. The van der Waals surface area contributed by atoms with E-state index in [1.54, 1.807) is 0 Å². The standard InChI is InChI=1S/C12H16N2O/c1-4-9-12(15)14-11-8(3)7(2)5-6-10(11)13-9/h5-6,9,13H,4H2,1-3H3,(H,14,15). The number of anilines is 2. The fourth-order valence-electron chi connectivity index (χ4n) is 1.85. The van der Waals surface area contributed by atoms with Crippen LogP contribution in [0.2, 0.25) is 0 Å². The van der Waals surface area contributed by atoms with Gasteiger partial charge in [-0.2, -0.15) is 0 Å².